The average molecular weight is 265 g/mol. The molecule has 0 saturated carbocycles. The number of hydrogen-bond donors (Lipinski definition) is 1. The van der Waals surface area contributed by atoms with Gasteiger partial charge >= 0.3 is 6.18 Å². The first-order valence-corrected chi connectivity index (χ1v) is 6.67. The predicted octanol–water partition coefficient (Wildman–Crippen LogP) is 1.16. The van der Waals surface area contributed by atoms with Crippen LogP contribution in [0.5, 0.6) is 0 Å². The second-order valence-electron chi connectivity index (χ2n) is 5.47. The molecule has 1 atom stereocenters. The van der Waals surface area contributed by atoms with Gasteiger partial charge in [0.2, 0.25) is 0 Å². The monoisotopic (exact) mass is 265 g/mol. The molecular weight excluding hydrogens is 243 g/mol. The molecule has 106 valence electrons. The van der Waals surface area contributed by atoms with Gasteiger partial charge in [-0.2, -0.15) is 13.2 Å². The number of piperidine rings is 1. The van der Waals surface area contributed by atoms with Gasteiger partial charge in [0.25, 0.3) is 0 Å². The minimum Gasteiger partial charge on any atom is -0.315 e. The Balaban J connectivity index is 1.94. The summed E-state index contributed by atoms with van der Waals surface area (Å²) in [7, 11) is 2.07. The summed E-state index contributed by atoms with van der Waals surface area (Å²) < 4.78 is 38.5. The number of nitrogens with zero attached hydrogens (tertiary/aromatic N) is 2. The van der Waals surface area contributed by atoms with Crippen LogP contribution in [0.25, 0.3) is 0 Å². The highest BCUT2D eigenvalue weighted by Gasteiger charge is 2.42. The summed E-state index contributed by atoms with van der Waals surface area (Å²) in [5, 5.41) is 2.91. The van der Waals surface area contributed by atoms with Crippen molar-refractivity contribution in [2.24, 2.45) is 5.92 Å². The van der Waals surface area contributed by atoms with E-state index in [-0.39, 0.29) is 13.1 Å². The minimum absolute atomic E-state index is 0.0621. The molecule has 0 amide bonds. The topological polar surface area (TPSA) is 18.5 Å². The van der Waals surface area contributed by atoms with Gasteiger partial charge in [0, 0.05) is 32.2 Å². The lowest BCUT2D eigenvalue weighted by Crippen LogP contribution is -2.47. The van der Waals surface area contributed by atoms with Gasteiger partial charge in [0.1, 0.15) is 0 Å². The molecule has 2 aliphatic heterocycles. The second-order valence-corrected chi connectivity index (χ2v) is 5.47. The molecule has 0 aromatic heterocycles. The summed E-state index contributed by atoms with van der Waals surface area (Å²) in [5.41, 5.74) is 0. The fourth-order valence-corrected chi connectivity index (χ4v) is 2.85. The van der Waals surface area contributed by atoms with E-state index in [1.54, 1.807) is 0 Å². The largest absolute Gasteiger partial charge is 0.394 e. The van der Waals surface area contributed by atoms with Gasteiger partial charge in [0.15, 0.2) is 0 Å². The van der Waals surface area contributed by atoms with E-state index in [2.05, 4.69) is 17.3 Å². The fraction of sp³-hybridized carbons (Fsp3) is 1.00. The highest BCUT2D eigenvalue weighted by Crippen LogP contribution is 2.29. The zero-order valence-corrected chi connectivity index (χ0v) is 10.8. The normalized spacial score (nSPS) is 30.3. The number of nitrogens with one attached hydrogen (secondary N) is 1. The van der Waals surface area contributed by atoms with E-state index in [9.17, 15) is 13.2 Å². The standard InChI is InChI=1S/C12H22F3N3/c1-17-5-2-11(3-6-17)18-7-4-16-8-10(9-18)12(13,14)15/h10-11,16H,2-9H2,1H3. The van der Waals surface area contributed by atoms with Crippen LogP contribution >= 0.6 is 0 Å². The first kappa shape index (κ1) is 14.1. The minimum atomic E-state index is -4.08. The van der Waals surface area contributed by atoms with Crippen LogP contribution in [0, 0.1) is 5.92 Å². The number of likely N-dealkylation sites (tertiary alicyclic amines) is 1. The Labute approximate surface area is 106 Å². The van der Waals surface area contributed by atoms with Crippen molar-refractivity contribution < 1.29 is 13.2 Å². The van der Waals surface area contributed by atoms with Crippen LogP contribution in [0.3, 0.4) is 0 Å². The molecule has 1 N–H and O–H groups in total. The third kappa shape index (κ3) is 3.59. The van der Waals surface area contributed by atoms with E-state index >= 15 is 0 Å². The first-order chi connectivity index (χ1) is 8.47. The molecule has 0 bridgehead atoms. The van der Waals surface area contributed by atoms with E-state index in [0.29, 0.717) is 12.6 Å². The molecule has 1 unspecified atom stereocenters. The molecule has 0 radical (unpaired) electrons. The van der Waals surface area contributed by atoms with Crippen LogP contribution in [0.15, 0.2) is 0 Å². The van der Waals surface area contributed by atoms with Crippen molar-refractivity contribution in [3.63, 3.8) is 0 Å². The Morgan fingerprint density at radius 1 is 1.11 bits per heavy atom. The number of hydrogen-bond acceptors (Lipinski definition) is 3. The Kier molecular flexibility index (Phi) is 4.50. The summed E-state index contributed by atoms with van der Waals surface area (Å²) >= 11 is 0. The number of halogens is 3. The molecule has 0 aromatic carbocycles. The van der Waals surface area contributed by atoms with Crippen molar-refractivity contribution >= 4 is 0 Å². The van der Waals surface area contributed by atoms with Crippen LogP contribution in [-0.2, 0) is 0 Å². The SMILES string of the molecule is CN1CCC(N2CCNCC(C(F)(F)F)C2)CC1. The summed E-state index contributed by atoms with van der Waals surface area (Å²) in [6, 6.07) is 0.325. The van der Waals surface area contributed by atoms with Crippen LogP contribution in [0.2, 0.25) is 0 Å². The molecule has 0 spiro atoms. The Hall–Kier alpha value is -0.330. The van der Waals surface area contributed by atoms with Gasteiger partial charge < -0.3 is 10.2 Å². The Morgan fingerprint density at radius 2 is 1.78 bits per heavy atom. The summed E-state index contributed by atoms with van der Waals surface area (Å²) in [6.07, 6.45) is -2.11. The van der Waals surface area contributed by atoms with E-state index in [1.807, 2.05) is 4.90 Å². The van der Waals surface area contributed by atoms with Crippen LogP contribution in [-0.4, -0.2) is 68.3 Å². The van der Waals surface area contributed by atoms with Crippen molar-refractivity contribution in [2.45, 2.75) is 25.1 Å². The van der Waals surface area contributed by atoms with Crippen LogP contribution in [0.1, 0.15) is 12.8 Å². The molecule has 0 aromatic rings. The van der Waals surface area contributed by atoms with Gasteiger partial charge in [-0.1, -0.05) is 0 Å². The van der Waals surface area contributed by atoms with Crippen molar-refractivity contribution in [3.8, 4) is 0 Å². The van der Waals surface area contributed by atoms with Crippen molar-refractivity contribution in [3.05, 3.63) is 0 Å². The molecule has 6 heteroatoms. The lowest BCUT2D eigenvalue weighted by Gasteiger charge is -2.37. The smallest absolute Gasteiger partial charge is 0.315 e. The first-order valence-electron chi connectivity index (χ1n) is 6.67. The van der Waals surface area contributed by atoms with E-state index in [1.165, 1.54) is 0 Å². The van der Waals surface area contributed by atoms with E-state index in [0.717, 1.165) is 32.5 Å². The lowest BCUT2D eigenvalue weighted by molar-refractivity contribution is -0.177. The fourth-order valence-electron chi connectivity index (χ4n) is 2.85. The summed E-state index contributed by atoms with van der Waals surface area (Å²) in [6.45, 7) is 3.61. The summed E-state index contributed by atoms with van der Waals surface area (Å²) in [5.74, 6) is -1.22. The predicted molar refractivity (Wildman–Crippen MR) is 64.5 cm³/mol. The van der Waals surface area contributed by atoms with Crippen molar-refractivity contribution in [1.29, 1.82) is 0 Å². The van der Waals surface area contributed by atoms with Crippen molar-refractivity contribution in [1.82, 2.24) is 15.1 Å². The lowest BCUT2D eigenvalue weighted by atomic mass is 10.0. The van der Waals surface area contributed by atoms with Gasteiger partial charge in [0.05, 0.1) is 5.92 Å². The molecule has 2 heterocycles. The maximum atomic E-state index is 12.8. The van der Waals surface area contributed by atoms with E-state index in [4.69, 9.17) is 0 Å². The summed E-state index contributed by atoms with van der Waals surface area (Å²) in [4.78, 5) is 4.29. The molecular formula is C12H22F3N3. The third-order valence-corrected chi connectivity index (χ3v) is 4.09. The molecule has 3 nitrogen and oxygen atoms in total. The molecule has 2 aliphatic rings. The van der Waals surface area contributed by atoms with Crippen molar-refractivity contribution in [2.75, 3.05) is 46.3 Å². The van der Waals surface area contributed by atoms with Gasteiger partial charge in [-0.15, -0.1) is 0 Å². The third-order valence-electron chi connectivity index (χ3n) is 4.09. The Bertz CT molecular complexity index is 262. The molecule has 2 saturated heterocycles. The average Bonchev–Trinajstić information content (AvgIpc) is 2.55. The number of alkyl halides is 3. The van der Waals surface area contributed by atoms with Gasteiger partial charge in [-0.05, 0) is 33.0 Å². The number of rotatable bonds is 1. The quantitative estimate of drug-likeness (QED) is 0.767. The maximum absolute atomic E-state index is 12.8. The molecule has 2 rings (SSSR count). The highest BCUT2D eigenvalue weighted by atomic mass is 19.4. The van der Waals surface area contributed by atoms with Gasteiger partial charge in [-0.3, -0.25) is 4.90 Å². The van der Waals surface area contributed by atoms with Crippen LogP contribution in [0.4, 0.5) is 13.2 Å². The van der Waals surface area contributed by atoms with E-state index < -0.39 is 12.1 Å². The Morgan fingerprint density at radius 3 is 2.39 bits per heavy atom. The zero-order chi connectivity index (χ0) is 13.2. The van der Waals surface area contributed by atoms with Gasteiger partial charge in [-0.25, -0.2) is 0 Å². The van der Waals surface area contributed by atoms with Crippen LogP contribution < -0.4 is 5.32 Å². The second kappa shape index (κ2) is 5.75. The molecule has 18 heavy (non-hydrogen) atoms. The molecule has 0 aliphatic carbocycles. The zero-order valence-electron chi connectivity index (χ0n) is 10.8. The highest BCUT2D eigenvalue weighted by molar-refractivity contribution is 4.85. The molecule has 2 fully saturated rings. The maximum Gasteiger partial charge on any atom is 0.394 e.